The third-order valence-electron chi connectivity index (χ3n) is 3.24. The van der Waals surface area contributed by atoms with Crippen LogP contribution in [0, 0.1) is 0 Å². The largest absolute Gasteiger partial charge is 0.491 e. The lowest BCUT2D eigenvalue weighted by atomic mass is 9.85. The molecule has 2 aromatic carbocycles. The van der Waals surface area contributed by atoms with E-state index in [9.17, 15) is 0 Å². The van der Waals surface area contributed by atoms with Crippen LogP contribution < -0.4 is 10.5 Å². The van der Waals surface area contributed by atoms with Crippen LogP contribution in [-0.4, -0.2) is 6.10 Å². The molecular weight excluding hydrogens is 314 g/mol. The van der Waals surface area contributed by atoms with Gasteiger partial charge in [-0.05, 0) is 38.5 Å². The second kappa shape index (κ2) is 5.98. The van der Waals surface area contributed by atoms with E-state index in [1.54, 1.807) is 0 Å². The van der Waals surface area contributed by atoms with Gasteiger partial charge in [-0.25, -0.2) is 0 Å². The molecule has 0 aliphatic carbocycles. The minimum atomic E-state index is -0.619. The smallest absolute Gasteiger partial charge is 0.125 e. The van der Waals surface area contributed by atoms with E-state index >= 15 is 0 Å². The average molecular weight is 334 g/mol. The fourth-order valence-corrected chi connectivity index (χ4v) is 2.98. The van der Waals surface area contributed by atoms with Gasteiger partial charge in [-0.15, -0.1) is 0 Å². The highest BCUT2D eigenvalue weighted by molar-refractivity contribution is 9.10. The van der Waals surface area contributed by atoms with Crippen molar-refractivity contribution in [2.45, 2.75) is 32.4 Å². The third kappa shape index (κ3) is 3.05. The zero-order valence-corrected chi connectivity index (χ0v) is 13.6. The van der Waals surface area contributed by atoms with Crippen molar-refractivity contribution in [2.24, 2.45) is 5.73 Å². The highest BCUT2D eigenvalue weighted by Crippen LogP contribution is 2.36. The predicted octanol–water partition coefficient (Wildman–Crippen LogP) is 4.46. The molecule has 1 unspecified atom stereocenters. The first kappa shape index (κ1) is 15.1. The van der Waals surface area contributed by atoms with Crippen LogP contribution in [0.25, 0.3) is 0 Å². The fraction of sp³-hybridized carbons (Fsp3) is 0.294. The van der Waals surface area contributed by atoms with Crippen molar-refractivity contribution >= 4 is 15.9 Å². The van der Waals surface area contributed by atoms with Crippen LogP contribution >= 0.6 is 15.9 Å². The summed E-state index contributed by atoms with van der Waals surface area (Å²) in [5.41, 5.74) is 8.04. The average Bonchev–Trinajstić information content (AvgIpc) is 2.38. The van der Waals surface area contributed by atoms with Gasteiger partial charge in [0.15, 0.2) is 0 Å². The van der Waals surface area contributed by atoms with Gasteiger partial charge in [0, 0.05) is 10.0 Å². The van der Waals surface area contributed by atoms with Crippen LogP contribution in [0.1, 0.15) is 31.9 Å². The maximum atomic E-state index is 6.63. The maximum Gasteiger partial charge on any atom is 0.125 e. The molecule has 3 heteroatoms. The van der Waals surface area contributed by atoms with Gasteiger partial charge in [0.2, 0.25) is 0 Å². The molecule has 0 spiro atoms. The molecule has 2 nitrogen and oxygen atoms in total. The Balaban J connectivity index is 2.52. The number of halogens is 1. The van der Waals surface area contributed by atoms with Gasteiger partial charge in [0.25, 0.3) is 0 Å². The zero-order chi connectivity index (χ0) is 14.8. The minimum Gasteiger partial charge on any atom is -0.491 e. The molecule has 2 rings (SSSR count). The summed E-state index contributed by atoms with van der Waals surface area (Å²) in [6.45, 7) is 6.04. The van der Waals surface area contributed by atoms with Crippen molar-refractivity contribution in [2.75, 3.05) is 0 Å². The van der Waals surface area contributed by atoms with Crippen LogP contribution in [0.4, 0.5) is 0 Å². The van der Waals surface area contributed by atoms with Gasteiger partial charge in [-0.1, -0.05) is 52.3 Å². The summed E-state index contributed by atoms with van der Waals surface area (Å²) >= 11 is 3.58. The molecule has 2 aromatic rings. The monoisotopic (exact) mass is 333 g/mol. The molecule has 0 radical (unpaired) electrons. The molecule has 0 fully saturated rings. The SMILES string of the molecule is CC(C)Oc1ccccc1C(C)(N)c1ccccc1Br. The lowest BCUT2D eigenvalue weighted by Gasteiger charge is -2.29. The Labute approximate surface area is 129 Å². The first-order valence-corrected chi connectivity index (χ1v) is 7.52. The molecule has 2 N–H and O–H groups in total. The van der Waals surface area contributed by atoms with Gasteiger partial charge in [-0.3, -0.25) is 0 Å². The lowest BCUT2D eigenvalue weighted by molar-refractivity contribution is 0.237. The molecule has 1 atom stereocenters. The van der Waals surface area contributed by atoms with E-state index in [0.717, 1.165) is 21.3 Å². The Kier molecular flexibility index (Phi) is 4.51. The number of para-hydroxylation sites is 1. The quantitative estimate of drug-likeness (QED) is 0.896. The highest BCUT2D eigenvalue weighted by Gasteiger charge is 2.29. The topological polar surface area (TPSA) is 35.2 Å². The fourth-order valence-electron chi connectivity index (χ4n) is 2.28. The molecule has 0 bridgehead atoms. The number of hydrogen-bond donors (Lipinski definition) is 1. The number of hydrogen-bond acceptors (Lipinski definition) is 2. The summed E-state index contributed by atoms with van der Waals surface area (Å²) in [5, 5.41) is 0. The first-order chi connectivity index (χ1) is 9.43. The van der Waals surface area contributed by atoms with Crippen LogP contribution in [-0.2, 0) is 5.54 Å². The molecule has 0 aliphatic rings. The Morgan fingerprint density at radius 3 is 2.15 bits per heavy atom. The summed E-state index contributed by atoms with van der Waals surface area (Å²) in [6.07, 6.45) is 0.117. The minimum absolute atomic E-state index is 0.117. The van der Waals surface area contributed by atoms with Gasteiger partial charge in [0.1, 0.15) is 5.75 Å². The summed E-state index contributed by atoms with van der Waals surface area (Å²) in [7, 11) is 0. The number of benzene rings is 2. The van der Waals surface area contributed by atoms with E-state index in [-0.39, 0.29) is 6.10 Å². The molecule has 0 aromatic heterocycles. The first-order valence-electron chi connectivity index (χ1n) is 6.73. The van der Waals surface area contributed by atoms with E-state index < -0.39 is 5.54 Å². The van der Waals surface area contributed by atoms with Gasteiger partial charge >= 0.3 is 0 Å². The summed E-state index contributed by atoms with van der Waals surface area (Å²) in [6, 6.07) is 16.0. The van der Waals surface area contributed by atoms with Gasteiger partial charge in [0.05, 0.1) is 11.6 Å². The summed E-state index contributed by atoms with van der Waals surface area (Å²) < 4.78 is 6.90. The molecule has 20 heavy (non-hydrogen) atoms. The van der Waals surface area contributed by atoms with Crippen molar-refractivity contribution < 1.29 is 4.74 Å². The Morgan fingerprint density at radius 1 is 1.00 bits per heavy atom. The molecule has 0 saturated carbocycles. The standard InChI is InChI=1S/C17H20BrNO/c1-12(2)20-16-11-7-5-9-14(16)17(3,19)13-8-4-6-10-15(13)18/h4-12H,19H2,1-3H3. The van der Waals surface area contributed by atoms with Crippen molar-refractivity contribution in [3.8, 4) is 5.75 Å². The lowest BCUT2D eigenvalue weighted by Crippen LogP contribution is -2.35. The zero-order valence-electron chi connectivity index (χ0n) is 12.1. The highest BCUT2D eigenvalue weighted by atomic mass is 79.9. The number of ether oxygens (including phenoxy) is 1. The van der Waals surface area contributed by atoms with Gasteiger partial charge < -0.3 is 10.5 Å². The second-order valence-corrected chi connectivity index (χ2v) is 6.20. The van der Waals surface area contributed by atoms with Crippen LogP contribution in [0.5, 0.6) is 5.75 Å². The molecule has 0 saturated heterocycles. The van der Waals surface area contributed by atoms with Crippen molar-refractivity contribution in [1.82, 2.24) is 0 Å². The summed E-state index contributed by atoms with van der Waals surface area (Å²) in [5.74, 6) is 0.836. The van der Waals surface area contributed by atoms with E-state index in [4.69, 9.17) is 10.5 Å². The van der Waals surface area contributed by atoms with E-state index in [2.05, 4.69) is 15.9 Å². The normalized spacial score (nSPS) is 14.1. The third-order valence-corrected chi connectivity index (χ3v) is 3.93. The molecular formula is C17H20BrNO. The second-order valence-electron chi connectivity index (χ2n) is 5.34. The van der Waals surface area contributed by atoms with Crippen molar-refractivity contribution in [3.63, 3.8) is 0 Å². The summed E-state index contributed by atoms with van der Waals surface area (Å²) in [4.78, 5) is 0. The Bertz CT molecular complexity index is 593. The number of nitrogens with two attached hydrogens (primary N) is 1. The van der Waals surface area contributed by atoms with Gasteiger partial charge in [-0.2, -0.15) is 0 Å². The number of rotatable bonds is 4. The Hall–Kier alpha value is -1.32. The van der Waals surface area contributed by atoms with E-state index in [1.807, 2.05) is 69.3 Å². The van der Waals surface area contributed by atoms with Crippen LogP contribution in [0.2, 0.25) is 0 Å². The van der Waals surface area contributed by atoms with E-state index in [0.29, 0.717) is 0 Å². The van der Waals surface area contributed by atoms with E-state index in [1.165, 1.54) is 0 Å². The maximum absolute atomic E-state index is 6.63. The van der Waals surface area contributed by atoms with Crippen molar-refractivity contribution in [1.29, 1.82) is 0 Å². The molecule has 0 aliphatic heterocycles. The van der Waals surface area contributed by atoms with Crippen LogP contribution in [0.15, 0.2) is 53.0 Å². The Morgan fingerprint density at radius 2 is 1.55 bits per heavy atom. The van der Waals surface area contributed by atoms with Crippen molar-refractivity contribution in [3.05, 3.63) is 64.1 Å². The molecule has 0 heterocycles. The molecule has 106 valence electrons. The molecule has 0 amide bonds. The predicted molar refractivity (Wildman–Crippen MR) is 87.0 cm³/mol. The van der Waals surface area contributed by atoms with Crippen LogP contribution in [0.3, 0.4) is 0 Å².